The van der Waals surface area contributed by atoms with E-state index in [1.54, 1.807) is 7.05 Å². The van der Waals surface area contributed by atoms with Crippen LogP contribution in [0, 0.1) is 0 Å². The molecule has 1 aliphatic rings. The fraction of sp³-hybridized carbons (Fsp3) is 0.818. The highest BCUT2D eigenvalue weighted by atomic mass is 16.4. The van der Waals surface area contributed by atoms with E-state index in [4.69, 9.17) is 5.11 Å². The lowest BCUT2D eigenvalue weighted by Gasteiger charge is -2.33. The minimum absolute atomic E-state index is 0.109. The summed E-state index contributed by atoms with van der Waals surface area (Å²) in [5.41, 5.74) is -0.543. The van der Waals surface area contributed by atoms with Crippen LogP contribution in [0.4, 0.5) is 0 Å². The number of carboxylic acid groups (broad SMARTS) is 1. The molecule has 0 aromatic heterocycles. The van der Waals surface area contributed by atoms with Gasteiger partial charge in [-0.15, -0.1) is 0 Å². The van der Waals surface area contributed by atoms with Crippen molar-refractivity contribution < 1.29 is 14.7 Å². The summed E-state index contributed by atoms with van der Waals surface area (Å²) < 4.78 is 0. The van der Waals surface area contributed by atoms with Gasteiger partial charge in [0.2, 0.25) is 5.91 Å². The average Bonchev–Trinajstić information content (AvgIpc) is 2.75. The first kappa shape index (κ1) is 13.0. The van der Waals surface area contributed by atoms with Crippen LogP contribution >= 0.6 is 0 Å². The Morgan fingerprint density at radius 3 is 2.56 bits per heavy atom. The molecule has 0 aliphatic carbocycles. The Morgan fingerprint density at radius 1 is 1.56 bits per heavy atom. The highest BCUT2D eigenvalue weighted by molar-refractivity contribution is 5.90. The Morgan fingerprint density at radius 2 is 2.19 bits per heavy atom. The Balaban J connectivity index is 2.79. The second-order valence-corrected chi connectivity index (χ2v) is 4.40. The van der Waals surface area contributed by atoms with Gasteiger partial charge in [-0.1, -0.05) is 6.92 Å². The second-order valence-electron chi connectivity index (χ2n) is 4.40. The van der Waals surface area contributed by atoms with Crippen LogP contribution in [0.1, 0.15) is 33.1 Å². The highest BCUT2D eigenvalue weighted by Gasteiger charge is 2.42. The molecular formula is C11H20N2O3. The predicted molar refractivity (Wildman–Crippen MR) is 60.1 cm³/mol. The molecule has 2 atom stereocenters. The van der Waals surface area contributed by atoms with Gasteiger partial charge in [0.25, 0.3) is 0 Å². The normalized spacial score (nSPS) is 26.4. The van der Waals surface area contributed by atoms with Gasteiger partial charge in [-0.05, 0) is 32.7 Å². The molecule has 5 heteroatoms. The zero-order chi connectivity index (χ0) is 12.3. The molecule has 2 N–H and O–H groups in total. The van der Waals surface area contributed by atoms with Gasteiger partial charge in [0, 0.05) is 7.05 Å². The van der Waals surface area contributed by atoms with E-state index in [2.05, 4.69) is 5.32 Å². The number of hydrogen-bond donors (Lipinski definition) is 2. The number of carbonyl (C=O) groups excluding carboxylic acids is 1. The number of hydrogen-bond acceptors (Lipinski definition) is 3. The zero-order valence-corrected chi connectivity index (χ0v) is 10.1. The molecule has 1 fully saturated rings. The number of carboxylic acids is 1. The maximum absolute atomic E-state index is 12.2. The summed E-state index contributed by atoms with van der Waals surface area (Å²) in [4.78, 5) is 24.4. The van der Waals surface area contributed by atoms with Crippen LogP contribution < -0.4 is 5.32 Å². The third kappa shape index (κ3) is 2.19. The topological polar surface area (TPSA) is 69.6 Å². The quantitative estimate of drug-likeness (QED) is 0.733. The van der Waals surface area contributed by atoms with Gasteiger partial charge in [-0.2, -0.15) is 0 Å². The lowest BCUT2D eigenvalue weighted by Crippen LogP contribution is -2.56. The van der Waals surface area contributed by atoms with Crippen molar-refractivity contribution >= 4 is 11.9 Å². The lowest BCUT2D eigenvalue weighted by atomic mass is 9.92. The molecule has 1 aliphatic heterocycles. The van der Waals surface area contributed by atoms with Crippen LogP contribution in [0.15, 0.2) is 0 Å². The Labute approximate surface area is 95.8 Å². The van der Waals surface area contributed by atoms with E-state index in [1.165, 1.54) is 11.8 Å². The maximum Gasteiger partial charge on any atom is 0.326 e. The molecule has 1 amide bonds. The smallest absolute Gasteiger partial charge is 0.326 e. The molecule has 0 aromatic carbocycles. The molecule has 5 nitrogen and oxygen atoms in total. The number of rotatable bonds is 4. The lowest BCUT2D eigenvalue weighted by molar-refractivity contribution is -0.151. The first-order valence-electron chi connectivity index (χ1n) is 5.69. The third-order valence-corrected chi connectivity index (χ3v) is 3.52. The van der Waals surface area contributed by atoms with Gasteiger partial charge in [0.05, 0.1) is 5.54 Å². The Bertz CT molecular complexity index is 285. The van der Waals surface area contributed by atoms with Crippen molar-refractivity contribution in [2.45, 2.75) is 44.7 Å². The van der Waals surface area contributed by atoms with Crippen LogP contribution in [-0.4, -0.2) is 47.1 Å². The molecule has 0 radical (unpaired) electrons. The molecule has 0 saturated carbocycles. The van der Waals surface area contributed by atoms with E-state index in [1.807, 2.05) is 6.92 Å². The van der Waals surface area contributed by atoms with Crippen molar-refractivity contribution in [1.82, 2.24) is 10.2 Å². The summed E-state index contributed by atoms with van der Waals surface area (Å²) in [7, 11) is 1.55. The van der Waals surface area contributed by atoms with Crippen molar-refractivity contribution in [1.29, 1.82) is 0 Å². The Hall–Kier alpha value is -1.10. The molecule has 0 spiro atoms. The van der Waals surface area contributed by atoms with Crippen molar-refractivity contribution in [3.63, 3.8) is 0 Å². The fourth-order valence-electron chi connectivity index (χ4n) is 2.12. The van der Waals surface area contributed by atoms with Crippen molar-refractivity contribution in [2.75, 3.05) is 13.6 Å². The van der Waals surface area contributed by atoms with Crippen LogP contribution in [0.3, 0.4) is 0 Å². The number of likely N-dealkylation sites (N-methyl/N-ethyl adjacent to an activating group) is 1. The monoisotopic (exact) mass is 228 g/mol. The van der Waals surface area contributed by atoms with Gasteiger partial charge in [0.15, 0.2) is 0 Å². The van der Waals surface area contributed by atoms with E-state index < -0.39 is 17.6 Å². The predicted octanol–water partition coefficient (Wildman–Crippen LogP) is 0.450. The largest absolute Gasteiger partial charge is 0.480 e. The summed E-state index contributed by atoms with van der Waals surface area (Å²) in [5, 5.41) is 12.1. The molecule has 1 rings (SSSR count). The molecule has 1 saturated heterocycles. The minimum Gasteiger partial charge on any atom is -0.480 e. The average molecular weight is 228 g/mol. The molecule has 1 heterocycles. The summed E-state index contributed by atoms with van der Waals surface area (Å²) in [6.07, 6.45) is 2.45. The van der Waals surface area contributed by atoms with E-state index >= 15 is 0 Å². The third-order valence-electron chi connectivity index (χ3n) is 3.52. The van der Waals surface area contributed by atoms with Crippen LogP contribution in [-0.2, 0) is 9.59 Å². The number of nitrogens with one attached hydrogen (secondary N) is 1. The van der Waals surface area contributed by atoms with Crippen LogP contribution in [0.25, 0.3) is 0 Å². The molecular weight excluding hydrogens is 208 g/mol. The van der Waals surface area contributed by atoms with E-state index in [9.17, 15) is 9.59 Å². The summed E-state index contributed by atoms with van der Waals surface area (Å²) >= 11 is 0. The van der Waals surface area contributed by atoms with Gasteiger partial charge in [0.1, 0.15) is 6.04 Å². The summed E-state index contributed by atoms with van der Waals surface area (Å²) in [6.45, 7) is 4.31. The summed E-state index contributed by atoms with van der Waals surface area (Å²) in [6, 6.07) is -0.779. The number of amides is 1. The number of carbonyl (C=O) groups is 2. The first-order valence-corrected chi connectivity index (χ1v) is 5.69. The van der Waals surface area contributed by atoms with Gasteiger partial charge < -0.3 is 15.3 Å². The van der Waals surface area contributed by atoms with E-state index in [0.29, 0.717) is 6.42 Å². The standard InChI is InChI=1S/C11H20N2O3/c1-4-11(6-5-7-12-11)10(16)13(3)8(2)9(14)15/h8,12H,4-7H2,1-3H3,(H,14,15). The van der Waals surface area contributed by atoms with Crippen molar-refractivity contribution in [2.24, 2.45) is 0 Å². The minimum atomic E-state index is -0.972. The van der Waals surface area contributed by atoms with Gasteiger partial charge >= 0.3 is 5.97 Å². The Kier molecular flexibility index (Phi) is 3.91. The molecule has 0 aromatic rings. The van der Waals surface area contributed by atoms with Gasteiger partial charge in [-0.3, -0.25) is 4.79 Å². The molecule has 92 valence electrons. The zero-order valence-electron chi connectivity index (χ0n) is 10.1. The second kappa shape index (κ2) is 4.82. The summed E-state index contributed by atoms with van der Waals surface area (Å²) in [5.74, 6) is -1.08. The SMILES string of the molecule is CCC1(C(=O)N(C)C(C)C(=O)O)CCCN1. The van der Waals surface area contributed by atoms with Gasteiger partial charge in [-0.25, -0.2) is 4.79 Å². The molecule has 2 unspecified atom stereocenters. The maximum atomic E-state index is 12.2. The van der Waals surface area contributed by atoms with Crippen molar-refractivity contribution in [3.05, 3.63) is 0 Å². The molecule has 16 heavy (non-hydrogen) atoms. The fourth-order valence-corrected chi connectivity index (χ4v) is 2.12. The van der Waals surface area contributed by atoms with E-state index in [-0.39, 0.29) is 5.91 Å². The molecule has 0 bridgehead atoms. The first-order chi connectivity index (χ1) is 7.44. The van der Waals surface area contributed by atoms with Crippen LogP contribution in [0.5, 0.6) is 0 Å². The van der Waals surface area contributed by atoms with Crippen LogP contribution in [0.2, 0.25) is 0 Å². The highest BCUT2D eigenvalue weighted by Crippen LogP contribution is 2.25. The van der Waals surface area contributed by atoms with Crippen molar-refractivity contribution in [3.8, 4) is 0 Å². The van der Waals surface area contributed by atoms with E-state index in [0.717, 1.165) is 19.4 Å². The number of aliphatic carboxylic acids is 1. The number of nitrogens with zero attached hydrogens (tertiary/aromatic N) is 1.